The third kappa shape index (κ3) is 4.75. The van der Waals surface area contributed by atoms with E-state index in [0.717, 1.165) is 54.7 Å². The molecule has 32 heavy (non-hydrogen) atoms. The quantitative estimate of drug-likeness (QED) is 0.301. The Kier molecular flexibility index (Phi) is 6.41. The van der Waals surface area contributed by atoms with E-state index in [1.807, 2.05) is 35.0 Å². The molecule has 1 fully saturated rings. The molecule has 1 unspecified atom stereocenters. The van der Waals surface area contributed by atoms with E-state index in [1.165, 1.54) is 11.6 Å². The third-order valence-electron chi connectivity index (χ3n) is 6.09. The first-order chi connectivity index (χ1) is 15.4. The Bertz CT molecular complexity index is 1110. The fourth-order valence-electron chi connectivity index (χ4n) is 4.55. The first-order valence-corrected chi connectivity index (χ1v) is 11.0. The summed E-state index contributed by atoms with van der Waals surface area (Å²) < 4.78 is 1.85. The molecule has 168 valence electrons. The zero-order valence-electron chi connectivity index (χ0n) is 18.5. The fraction of sp³-hybridized carbons (Fsp3) is 0.360. The predicted octanol–water partition coefficient (Wildman–Crippen LogP) is 3.46. The monoisotopic (exact) mass is 434 g/mol. The van der Waals surface area contributed by atoms with E-state index in [9.17, 15) is 9.90 Å². The van der Waals surface area contributed by atoms with Crippen molar-refractivity contribution in [2.75, 3.05) is 13.1 Å². The molecule has 3 heterocycles. The Morgan fingerprint density at radius 2 is 2.03 bits per heavy atom. The van der Waals surface area contributed by atoms with Crippen LogP contribution in [-0.4, -0.2) is 43.8 Å². The van der Waals surface area contributed by atoms with Gasteiger partial charge in [-0.15, -0.1) is 0 Å². The van der Waals surface area contributed by atoms with Gasteiger partial charge in [0.2, 0.25) is 0 Å². The molecule has 0 saturated carbocycles. The standard InChI is InChI=1S/C25H30N4O3/c1-25(2,31)24-20(22-6-3-4-16-29(22)26-24)14-17-28-15-5-7-21(28)19-11-8-18(9-12-19)10-13-23(30)27-32/h3-4,6,8-13,16,21,31-32H,5,7,14-15,17H2,1-2H3,(H,27,30)/b13-10+. The molecule has 1 aromatic carbocycles. The summed E-state index contributed by atoms with van der Waals surface area (Å²) in [5.74, 6) is -0.547. The number of aromatic nitrogens is 2. The number of carbonyl (C=O) groups excluding carboxylic acids is 1. The first kappa shape index (κ1) is 22.2. The summed E-state index contributed by atoms with van der Waals surface area (Å²) in [5.41, 5.74) is 5.65. The number of likely N-dealkylation sites (tertiary alicyclic amines) is 1. The molecule has 2 aromatic heterocycles. The van der Waals surface area contributed by atoms with E-state index in [-0.39, 0.29) is 0 Å². The molecule has 7 nitrogen and oxygen atoms in total. The van der Waals surface area contributed by atoms with Gasteiger partial charge in [0.15, 0.2) is 0 Å². The van der Waals surface area contributed by atoms with E-state index in [4.69, 9.17) is 5.21 Å². The zero-order valence-corrected chi connectivity index (χ0v) is 18.5. The summed E-state index contributed by atoms with van der Waals surface area (Å²) >= 11 is 0. The lowest BCUT2D eigenvalue weighted by atomic mass is 9.97. The van der Waals surface area contributed by atoms with Gasteiger partial charge >= 0.3 is 0 Å². The molecule has 1 aliphatic heterocycles. The molecule has 0 bridgehead atoms. The number of fused-ring (bicyclic) bond motifs is 1. The van der Waals surface area contributed by atoms with Crippen molar-refractivity contribution < 1.29 is 15.1 Å². The van der Waals surface area contributed by atoms with Gasteiger partial charge in [-0.1, -0.05) is 30.3 Å². The summed E-state index contributed by atoms with van der Waals surface area (Å²) in [5, 5.41) is 23.9. The molecule has 3 N–H and O–H groups in total. The van der Waals surface area contributed by atoms with Crippen molar-refractivity contribution in [3.05, 3.63) is 77.1 Å². The van der Waals surface area contributed by atoms with Crippen molar-refractivity contribution in [2.45, 2.75) is 44.8 Å². The summed E-state index contributed by atoms with van der Waals surface area (Å²) in [6.45, 7) is 5.51. The zero-order chi connectivity index (χ0) is 22.7. The van der Waals surface area contributed by atoms with Crippen molar-refractivity contribution in [3.63, 3.8) is 0 Å². The molecule has 7 heteroatoms. The Morgan fingerprint density at radius 3 is 2.75 bits per heavy atom. The van der Waals surface area contributed by atoms with Crippen LogP contribution in [0.4, 0.5) is 0 Å². The average molecular weight is 435 g/mol. The van der Waals surface area contributed by atoms with E-state index >= 15 is 0 Å². The molecular formula is C25H30N4O3. The molecule has 0 spiro atoms. The SMILES string of the molecule is CC(C)(O)c1nn2ccccc2c1CCN1CCCC1c1ccc(/C=C/C(=O)NO)cc1. The maximum atomic E-state index is 11.2. The van der Waals surface area contributed by atoms with Crippen LogP contribution in [0.3, 0.4) is 0 Å². The van der Waals surface area contributed by atoms with Crippen molar-refractivity contribution in [1.82, 2.24) is 20.0 Å². The Morgan fingerprint density at radius 1 is 1.25 bits per heavy atom. The number of amides is 1. The van der Waals surface area contributed by atoms with Crippen LogP contribution in [0.15, 0.2) is 54.7 Å². The molecule has 4 rings (SSSR count). The molecule has 0 aliphatic carbocycles. The maximum absolute atomic E-state index is 11.2. The Hall–Kier alpha value is -3.00. The number of hydrogen-bond donors (Lipinski definition) is 3. The summed E-state index contributed by atoms with van der Waals surface area (Å²) in [7, 11) is 0. The topological polar surface area (TPSA) is 90.1 Å². The summed E-state index contributed by atoms with van der Waals surface area (Å²) in [4.78, 5) is 13.7. The molecule has 0 radical (unpaired) electrons. The van der Waals surface area contributed by atoms with Crippen LogP contribution >= 0.6 is 0 Å². The number of hydrogen-bond acceptors (Lipinski definition) is 5. The summed E-state index contributed by atoms with van der Waals surface area (Å²) in [6, 6.07) is 14.6. The number of aliphatic hydroxyl groups is 1. The van der Waals surface area contributed by atoms with Crippen LogP contribution in [-0.2, 0) is 16.8 Å². The number of rotatable bonds is 7. The van der Waals surface area contributed by atoms with E-state index in [1.54, 1.807) is 25.4 Å². The Labute approximate surface area is 187 Å². The number of benzene rings is 1. The lowest BCUT2D eigenvalue weighted by Gasteiger charge is -2.25. The van der Waals surface area contributed by atoms with Crippen LogP contribution in [0, 0.1) is 0 Å². The minimum Gasteiger partial charge on any atom is -0.384 e. The highest BCUT2D eigenvalue weighted by molar-refractivity contribution is 5.90. The van der Waals surface area contributed by atoms with Crippen molar-refractivity contribution in [2.24, 2.45) is 0 Å². The van der Waals surface area contributed by atoms with Gasteiger partial charge in [-0.3, -0.25) is 14.9 Å². The lowest BCUT2D eigenvalue weighted by molar-refractivity contribution is -0.124. The van der Waals surface area contributed by atoms with E-state index in [0.29, 0.717) is 6.04 Å². The highest BCUT2D eigenvalue weighted by Crippen LogP contribution is 2.33. The van der Waals surface area contributed by atoms with Gasteiger partial charge in [-0.2, -0.15) is 5.10 Å². The highest BCUT2D eigenvalue weighted by Gasteiger charge is 2.29. The smallest absolute Gasteiger partial charge is 0.267 e. The van der Waals surface area contributed by atoms with Crippen LogP contribution < -0.4 is 5.48 Å². The fourth-order valence-corrected chi connectivity index (χ4v) is 4.55. The average Bonchev–Trinajstić information content (AvgIpc) is 3.40. The lowest BCUT2D eigenvalue weighted by Crippen LogP contribution is -2.27. The number of hydroxylamine groups is 1. The highest BCUT2D eigenvalue weighted by atomic mass is 16.5. The van der Waals surface area contributed by atoms with Gasteiger partial charge in [0, 0.05) is 30.4 Å². The van der Waals surface area contributed by atoms with Crippen LogP contribution in [0.1, 0.15) is 55.1 Å². The molecular weight excluding hydrogens is 404 g/mol. The number of carbonyl (C=O) groups is 1. The third-order valence-corrected chi connectivity index (χ3v) is 6.09. The minimum atomic E-state index is -0.998. The molecule has 1 atom stereocenters. The molecule has 1 amide bonds. The second kappa shape index (κ2) is 9.24. The van der Waals surface area contributed by atoms with E-state index < -0.39 is 11.5 Å². The second-order valence-electron chi connectivity index (χ2n) is 8.84. The van der Waals surface area contributed by atoms with Crippen molar-refractivity contribution in [1.29, 1.82) is 0 Å². The van der Waals surface area contributed by atoms with Gasteiger partial charge in [0.25, 0.3) is 5.91 Å². The van der Waals surface area contributed by atoms with Gasteiger partial charge in [-0.05, 0) is 69.0 Å². The minimum absolute atomic E-state index is 0.348. The number of nitrogens with zero attached hydrogens (tertiary/aromatic N) is 3. The van der Waals surface area contributed by atoms with Gasteiger partial charge < -0.3 is 5.11 Å². The molecule has 1 saturated heterocycles. The normalized spacial score (nSPS) is 17.4. The Balaban J connectivity index is 1.50. The predicted molar refractivity (Wildman–Crippen MR) is 123 cm³/mol. The van der Waals surface area contributed by atoms with Gasteiger partial charge in [-0.25, -0.2) is 10.00 Å². The second-order valence-corrected chi connectivity index (χ2v) is 8.84. The van der Waals surface area contributed by atoms with Crippen LogP contribution in [0.5, 0.6) is 0 Å². The number of nitrogens with one attached hydrogen (secondary N) is 1. The largest absolute Gasteiger partial charge is 0.384 e. The van der Waals surface area contributed by atoms with Crippen molar-refractivity contribution >= 4 is 17.5 Å². The summed E-state index contributed by atoms with van der Waals surface area (Å²) in [6.07, 6.45) is 7.97. The first-order valence-electron chi connectivity index (χ1n) is 11.0. The number of pyridine rings is 1. The van der Waals surface area contributed by atoms with Crippen LogP contribution in [0.2, 0.25) is 0 Å². The van der Waals surface area contributed by atoms with Crippen LogP contribution in [0.25, 0.3) is 11.6 Å². The van der Waals surface area contributed by atoms with Gasteiger partial charge in [0.1, 0.15) is 5.60 Å². The van der Waals surface area contributed by atoms with E-state index in [2.05, 4.69) is 28.2 Å². The van der Waals surface area contributed by atoms with Crippen molar-refractivity contribution in [3.8, 4) is 0 Å². The molecule has 3 aromatic rings. The molecule has 1 aliphatic rings. The maximum Gasteiger partial charge on any atom is 0.267 e. The van der Waals surface area contributed by atoms with Gasteiger partial charge in [0.05, 0.1) is 11.2 Å².